The van der Waals surface area contributed by atoms with E-state index in [0.717, 1.165) is 16.7 Å². The van der Waals surface area contributed by atoms with Crippen molar-refractivity contribution >= 4 is 17.9 Å². The Morgan fingerprint density at radius 2 is 1.44 bits per heavy atom. The van der Waals surface area contributed by atoms with Crippen molar-refractivity contribution in [3.8, 4) is 22.4 Å². The molecule has 1 N–H and O–H groups in total. The highest BCUT2D eigenvalue weighted by Crippen LogP contribution is 2.26. The number of amides is 3. The van der Waals surface area contributed by atoms with Crippen molar-refractivity contribution in [3.63, 3.8) is 0 Å². The maximum atomic E-state index is 13.7. The van der Waals surface area contributed by atoms with Crippen molar-refractivity contribution in [3.05, 3.63) is 78.5 Å². The Morgan fingerprint density at radius 3 is 2.02 bits per heavy atom. The van der Waals surface area contributed by atoms with Crippen LogP contribution in [0.25, 0.3) is 22.4 Å². The number of nitrogens with one attached hydrogen (secondary N) is 1. The van der Waals surface area contributed by atoms with Crippen molar-refractivity contribution in [1.82, 2.24) is 20.1 Å². The molecule has 1 fully saturated rings. The third-order valence-electron chi connectivity index (χ3n) is 6.64. The lowest BCUT2D eigenvalue weighted by Gasteiger charge is -2.36. The average Bonchev–Trinajstić information content (AvgIpc) is 2.99. The summed E-state index contributed by atoms with van der Waals surface area (Å²) in [6, 6.07) is 22.2. The molecule has 1 aliphatic rings. The first-order chi connectivity index (χ1) is 19.6. The number of ether oxygens (including phenoxy) is 2. The standard InChI is InChI=1S/C32H38N4O5/c1-5-40-31(39)36-18-16-35(17-19-36)30(38)28(22-41-32(2,3)4)34-29(37)27-21-25(23-12-8-6-9-13-23)20-26(33-27)24-14-10-7-11-15-24/h6-15,20-21,28H,5,16-19,22H2,1-4H3,(H,34,37)/t28-/m0/s1. The van der Waals surface area contributed by atoms with Gasteiger partial charge in [0.2, 0.25) is 5.91 Å². The number of benzene rings is 2. The van der Waals surface area contributed by atoms with E-state index in [0.29, 0.717) is 38.5 Å². The van der Waals surface area contributed by atoms with Crippen molar-refractivity contribution in [2.24, 2.45) is 0 Å². The van der Waals surface area contributed by atoms with E-state index in [-0.39, 0.29) is 24.3 Å². The second kappa shape index (κ2) is 13.4. The smallest absolute Gasteiger partial charge is 0.409 e. The molecule has 216 valence electrons. The summed E-state index contributed by atoms with van der Waals surface area (Å²) in [4.78, 5) is 47.3. The van der Waals surface area contributed by atoms with E-state index >= 15 is 0 Å². The fourth-order valence-electron chi connectivity index (χ4n) is 4.49. The van der Waals surface area contributed by atoms with E-state index in [4.69, 9.17) is 9.47 Å². The van der Waals surface area contributed by atoms with E-state index in [9.17, 15) is 14.4 Å². The first-order valence-corrected chi connectivity index (χ1v) is 13.9. The van der Waals surface area contributed by atoms with Gasteiger partial charge in [-0.3, -0.25) is 9.59 Å². The number of carbonyl (C=O) groups is 3. The Morgan fingerprint density at radius 1 is 0.854 bits per heavy atom. The zero-order chi connectivity index (χ0) is 29.4. The van der Waals surface area contributed by atoms with Gasteiger partial charge in [0.25, 0.3) is 5.91 Å². The molecule has 2 aromatic carbocycles. The van der Waals surface area contributed by atoms with Crippen molar-refractivity contribution < 1.29 is 23.9 Å². The Labute approximate surface area is 241 Å². The lowest BCUT2D eigenvalue weighted by Crippen LogP contribution is -2.57. The Bertz CT molecular complexity index is 1280. The number of nitrogens with zero attached hydrogens (tertiary/aromatic N) is 3. The van der Waals surface area contributed by atoms with Crippen LogP contribution in [0.4, 0.5) is 4.79 Å². The van der Waals surface area contributed by atoms with Crippen molar-refractivity contribution in [1.29, 1.82) is 0 Å². The van der Waals surface area contributed by atoms with Crippen molar-refractivity contribution in [2.75, 3.05) is 39.4 Å². The Hall–Kier alpha value is -4.24. The second-order valence-electron chi connectivity index (χ2n) is 10.8. The SMILES string of the molecule is CCOC(=O)N1CCN(C(=O)[C@H](COC(C)(C)C)NC(=O)c2cc(-c3ccccc3)cc(-c3ccccc3)n2)CC1. The number of hydrogen-bond acceptors (Lipinski definition) is 6. The molecule has 1 saturated heterocycles. The number of piperazine rings is 1. The van der Waals surface area contributed by atoms with Crippen molar-refractivity contribution in [2.45, 2.75) is 39.3 Å². The van der Waals surface area contributed by atoms with Crippen LogP contribution in [0.5, 0.6) is 0 Å². The molecule has 9 nitrogen and oxygen atoms in total. The number of pyridine rings is 1. The molecule has 1 aromatic heterocycles. The van der Waals surface area contributed by atoms with E-state index in [1.165, 1.54) is 0 Å². The van der Waals surface area contributed by atoms with Gasteiger partial charge < -0.3 is 24.6 Å². The van der Waals surface area contributed by atoms with Gasteiger partial charge in [0, 0.05) is 31.7 Å². The predicted molar refractivity (Wildman–Crippen MR) is 157 cm³/mol. The molecule has 41 heavy (non-hydrogen) atoms. The minimum absolute atomic E-state index is 0.00389. The topological polar surface area (TPSA) is 101 Å². The van der Waals surface area contributed by atoms with Crippen LogP contribution in [0.3, 0.4) is 0 Å². The van der Waals surface area contributed by atoms with Crippen LogP contribution < -0.4 is 5.32 Å². The maximum absolute atomic E-state index is 13.7. The largest absolute Gasteiger partial charge is 0.450 e. The van der Waals surface area contributed by atoms with Gasteiger partial charge in [-0.25, -0.2) is 9.78 Å². The van der Waals surface area contributed by atoms with Crippen LogP contribution in [0.1, 0.15) is 38.2 Å². The van der Waals surface area contributed by atoms with Crippen LogP contribution in [-0.4, -0.2) is 83.7 Å². The van der Waals surface area contributed by atoms with Crippen LogP contribution >= 0.6 is 0 Å². The fraction of sp³-hybridized carbons (Fsp3) is 0.375. The van der Waals surface area contributed by atoms with E-state index < -0.39 is 17.6 Å². The summed E-state index contributed by atoms with van der Waals surface area (Å²) >= 11 is 0. The molecule has 2 heterocycles. The summed E-state index contributed by atoms with van der Waals surface area (Å²) in [6.07, 6.45) is -0.390. The summed E-state index contributed by atoms with van der Waals surface area (Å²) in [5.74, 6) is -0.741. The molecule has 0 unspecified atom stereocenters. The fourth-order valence-corrected chi connectivity index (χ4v) is 4.49. The first kappa shape index (κ1) is 29.7. The second-order valence-corrected chi connectivity index (χ2v) is 10.8. The molecular weight excluding hydrogens is 520 g/mol. The first-order valence-electron chi connectivity index (χ1n) is 13.9. The normalized spacial score (nSPS) is 14.3. The minimum Gasteiger partial charge on any atom is -0.450 e. The van der Waals surface area contributed by atoms with E-state index in [2.05, 4.69) is 10.3 Å². The number of carbonyl (C=O) groups excluding carboxylic acids is 3. The van der Waals surface area contributed by atoms with Gasteiger partial charge in [0.05, 0.1) is 24.5 Å². The van der Waals surface area contributed by atoms with Gasteiger partial charge in [0.1, 0.15) is 11.7 Å². The van der Waals surface area contributed by atoms with E-state index in [1.807, 2.05) is 87.5 Å². The number of aromatic nitrogens is 1. The lowest BCUT2D eigenvalue weighted by molar-refractivity contribution is -0.138. The molecule has 3 amide bonds. The zero-order valence-electron chi connectivity index (χ0n) is 24.1. The molecule has 0 radical (unpaired) electrons. The number of rotatable bonds is 8. The molecule has 4 rings (SSSR count). The molecule has 1 aliphatic heterocycles. The van der Waals surface area contributed by atoms with Gasteiger partial charge in [-0.2, -0.15) is 0 Å². The highest BCUT2D eigenvalue weighted by atomic mass is 16.6. The predicted octanol–water partition coefficient (Wildman–Crippen LogP) is 4.63. The summed E-state index contributed by atoms with van der Waals surface area (Å²) in [5, 5.41) is 2.89. The van der Waals surface area contributed by atoms with E-state index in [1.54, 1.807) is 22.8 Å². The quantitative estimate of drug-likeness (QED) is 0.433. The number of hydrogen-bond donors (Lipinski definition) is 1. The molecular formula is C32H38N4O5. The summed E-state index contributed by atoms with van der Waals surface area (Å²) in [7, 11) is 0. The molecule has 0 spiro atoms. The lowest BCUT2D eigenvalue weighted by atomic mass is 10.0. The average molecular weight is 559 g/mol. The Kier molecular flexibility index (Phi) is 9.73. The maximum Gasteiger partial charge on any atom is 0.409 e. The van der Waals surface area contributed by atoms with Gasteiger partial charge in [-0.05, 0) is 51.0 Å². The molecule has 1 atom stereocenters. The monoisotopic (exact) mass is 558 g/mol. The van der Waals surface area contributed by atoms with Crippen LogP contribution in [-0.2, 0) is 14.3 Å². The van der Waals surface area contributed by atoms with Crippen LogP contribution in [0.2, 0.25) is 0 Å². The van der Waals surface area contributed by atoms with Crippen LogP contribution in [0.15, 0.2) is 72.8 Å². The minimum atomic E-state index is -0.932. The molecule has 0 bridgehead atoms. The Balaban J connectivity index is 1.58. The summed E-state index contributed by atoms with van der Waals surface area (Å²) in [5.41, 5.74) is 3.00. The van der Waals surface area contributed by atoms with Gasteiger partial charge in [-0.15, -0.1) is 0 Å². The zero-order valence-corrected chi connectivity index (χ0v) is 24.1. The molecule has 0 aliphatic carbocycles. The molecule has 0 saturated carbocycles. The highest BCUT2D eigenvalue weighted by Gasteiger charge is 2.32. The molecule has 3 aromatic rings. The third kappa shape index (κ3) is 8.14. The van der Waals surface area contributed by atoms with Gasteiger partial charge in [0.15, 0.2) is 0 Å². The molecule has 9 heteroatoms. The van der Waals surface area contributed by atoms with Gasteiger partial charge >= 0.3 is 6.09 Å². The third-order valence-corrected chi connectivity index (χ3v) is 6.64. The highest BCUT2D eigenvalue weighted by molar-refractivity contribution is 5.97. The van der Waals surface area contributed by atoms with Crippen LogP contribution in [0, 0.1) is 0 Å². The summed E-state index contributed by atoms with van der Waals surface area (Å²) < 4.78 is 11.0. The van der Waals surface area contributed by atoms with Gasteiger partial charge in [-0.1, -0.05) is 60.7 Å². The summed E-state index contributed by atoms with van der Waals surface area (Å²) in [6.45, 7) is 9.10.